The average molecular weight is 1000 g/mol. The Kier molecular flexibility index (Phi) is 12.8. The van der Waals surface area contributed by atoms with Crippen LogP contribution in [0.3, 0.4) is 0 Å². The maximum Gasteiger partial charge on any atom is 0.302 e. The number of aromatic nitrogens is 3. The van der Waals surface area contributed by atoms with Gasteiger partial charge in [-0.3, -0.25) is 14.8 Å². The number of aliphatic imine (C=N–C) groups is 1. The number of aromatic amines is 1. The van der Waals surface area contributed by atoms with Crippen molar-refractivity contribution in [2.75, 3.05) is 19.7 Å². The predicted octanol–water partition coefficient (Wildman–Crippen LogP) is 7.47. The van der Waals surface area contributed by atoms with E-state index in [9.17, 15) is 20.1 Å². The molecular formula is C58H66N8O8. The highest BCUT2D eigenvalue weighted by molar-refractivity contribution is 5.85. The molecule has 0 radical (unpaired) electrons. The lowest BCUT2D eigenvalue weighted by atomic mass is 9.60. The summed E-state index contributed by atoms with van der Waals surface area (Å²) < 4.78 is 29.1. The number of guanidine groups is 1. The molecule has 2 saturated heterocycles. The Labute approximate surface area is 430 Å². The number of phenols is 3. The number of nitrogens with two attached hydrogens (primary N) is 1. The molecule has 8 heterocycles. The average Bonchev–Trinajstić information content (AvgIpc) is 4.01. The molecule has 2 saturated carbocycles. The smallest absolute Gasteiger partial charge is 0.302 e. The molecule has 4 fully saturated rings. The number of carbonyl (C=O) groups excluding carboxylic acids is 1. The van der Waals surface area contributed by atoms with Crippen LogP contribution in [0.1, 0.15) is 99.4 Å². The van der Waals surface area contributed by atoms with Crippen molar-refractivity contribution in [3.63, 3.8) is 0 Å². The standard InChI is InChI=1S/C58H66N8O8/c1-33(67)72-50-30-49(38-28-47(69)54(70)52(29-38)71-24-18-35-6-3-20-60-31-35)74-55-40(50)11-9-37-10-12-42-48(73-51-26-36(25-41(37)55)8-15-46(51)68)7-2-19-58(42)43-13-14-45-39-17-23-61-44(39)32-66(45)56(43)64-57(65-58)63-21-4-5-34-16-22-62-53(59)27-34/h3,6,8,15-17,20,23,26-29,31-32,37,40-43,48-50,55-56,61-62,68-70H,2,4-5,7,9,11,13-14,18-19,21-22,24-25,30,59H2,1H3,(H2,63,64,65)/t37-,40-,41-,42+,43+,48+,49-,50-,55+,56-,58-/m0/s1. The number of hydrogen-bond donors (Lipinski definition) is 8. The highest BCUT2D eigenvalue weighted by atomic mass is 16.6. The van der Waals surface area contributed by atoms with Crippen LogP contribution < -0.4 is 31.2 Å². The summed E-state index contributed by atoms with van der Waals surface area (Å²) in [7, 11) is 0. The summed E-state index contributed by atoms with van der Waals surface area (Å²) in [5.74, 6) is 8.40. The van der Waals surface area contributed by atoms with Gasteiger partial charge in [0.05, 0.1) is 41.6 Å². The number of hydrogen-bond acceptors (Lipinski definition) is 12. The van der Waals surface area contributed by atoms with E-state index in [1.165, 1.54) is 29.6 Å². The molecule has 386 valence electrons. The molecule has 16 nitrogen and oxygen atoms in total. The summed E-state index contributed by atoms with van der Waals surface area (Å²) in [6, 6.07) is 14.9. The lowest BCUT2D eigenvalue weighted by molar-refractivity contribution is -0.196. The summed E-state index contributed by atoms with van der Waals surface area (Å²) >= 11 is 0. The van der Waals surface area contributed by atoms with E-state index in [1.807, 2.05) is 36.5 Å². The van der Waals surface area contributed by atoms with Gasteiger partial charge in [0, 0.05) is 92.4 Å². The molecule has 11 atom stereocenters. The molecule has 0 amide bonds. The van der Waals surface area contributed by atoms with Gasteiger partial charge in [0.1, 0.15) is 18.4 Å². The van der Waals surface area contributed by atoms with Crippen molar-refractivity contribution in [2.45, 2.75) is 120 Å². The van der Waals surface area contributed by atoms with E-state index in [1.54, 1.807) is 24.5 Å². The molecule has 2 aliphatic carbocycles. The van der Waals surface area contributed by atoms with Crippen molar-refractivity contribution < 1.29 is 39.1 Å². The van der Waals surface area contributed by atoms with Crippen LogP contribution in [0.4, 0.5) is 0 Å². The summed E-state index contributed by atoms with van der Waals surface area (Å²) in [5.41, 5.74) is 11.8. The lowest BCUT2D eigenvalue weighted by Crippen LogP contribution is -2.72. The van der Waals surface area contributed by atoms with Crippen LogP contribution in [0.2, 0.25) is 0 Å². The highest BCUT2D eigenvalue weighted by Gasteiger charge is 2.58. The molecule has 74 heavy (non-hydrogen) atoms. The van der Waals surface area contributed by atoms with Crippen LogP contribution in [0.25, 0.3) is 10.9 Å². The minimum Gasteiger partial charge on any atom is -0.504 e. The van der Waals surface area contributed by atoms with Gasteiger partial charge in [-0.1, -0.05) is 30.0 Å². The second-order valence-corrected chi connectivity index (χ2v) is 21.4. The Balaban J connectivity index is 0.900. The fourth-order valence-electron chi connectivity index (χ4n) is 13.6. The van der Waals surface area contributed by atoms with Crippen LogP contribution in [-0.2, 0) is 33.5 Å². The number of phenolic OH excluding ortho intramolecular Hbond substituents is 3. The van der Waals surface area contributed by atoms with E-state index >= 15 is 0 Å². The maximum absolute atomic E-state index is 12.9. The van der Waals surface area contributed by atoms with E-state index in [0.29, 0.717) is 42.9 Å². The van der Waals surface area contributed by atoms with Gasteiger partial charge in [-0.05, 0) is 129 Å². The summed E-state index contributed by atoms with van der Waals surface area (Å²) in [4.78, 5) is 25.8. The van der Waals surface area contributed by atoms with Crippen molar-refractivity contribution in [2.24, 2.45) is 40.3 Å². The minimum absolute atomic E-state index is 0.0791. The van der Waals surface area contributed by atoms with Crippen molar-refractivity contribution in [3.05, 3.63) is 119 Å². The first-order valence-electron chi connectivity index (χ1n) is 26.6. The number of nitrogens with one attached hydrogen (secondary N) is 4. The Hall–Kier alpha value is -7.25. The third-order valence-corrected chi connectivity index (χ3v) is 17.0. The summed E-state index contributed by atoms with van der Waals surface area (Å²) in [6.45, 7) is 3.03. The molecule has 7 aliphatic rings. The van der Waals surface area contributed by atoms with Crippen molar-refractivity contribution in [3.8, 4) is 40.6 Å². The zero-order chi connectivity index (χ0) is 50.5. The van der Waals surface area contributed by atoms with Crippen LogP contribution in [-0.4, -0.2) is 85.3 Å². The largest absolute Gasteiger partial charge is 0.504 e. The SMILES string of the molecule is CC(=O)O[C@H]1C[C@@H](c2cc(O)c(O)c(OCCc3cccnc3)c2)O[C@H]2[C@H]3Cc4ccc(O)c(c4)O[C@@H]4CCC[C@]5(NC(=NCCCC6=CCNC(N)=C6)N[C@@H]6[C@H]5CCc5c7cc[nH]c7cn56)[C@@H]4C#C[C@@H]3CC[C@H]21. The number of fused-ring (bicyclic) bond motifs is 13. The Bertz CT molecular complexity index is 3080. The summed E-state index contributed by atoms with van der Waals surface area (Å²) in [5, 5.41) is 46.1. The second kappa shape index (κ2) is 19.9. The zero-order valence-corrected chi connectivity index (χ0v) is 41.8. The highest BCUT2D eigenvalue weighted by Crippen LogP contribution is 2.53. The topological polar surface area (TPSA) is 223 Å². The first kappa shape index (κ1) is 47.7. The second-order valence-electron chi connectivity index (χ2n) is 21.4. The number of pyridine rings is 1. The number of benzene rings is 2. The third-order valence-electron chi connectivity index (χ3n) is 17.0. The maximum atomic E-state index is 12.9. The number of aromatic hydroxyl groups is 3. The Morgan fingerprint density at radius 1 is 1.05 bits per heavy atom. The molecule has 9 N–H and O–H groups in total. The molecule has 2 bridgehead atoms. The van der Waals surface area contributed by atoms with E-state index in [0.717, 1.165) is 86.9 Å². The van der Waals surface area contributed by atoms with Crippen LogP contribution >= 0.6 is 0 Å². The molecule has 5 aromatic rings. The van der Waals surface area contributed by atoms with Crippen molar-refractivity contribution in [1.82, 2.24) is 30.5 Å². The van der Waals surface area contributed by atoms with Gasteiger partial charge < -0.3 is 65.5 Å². The minimum atomic E-state index is -0.612. The number of aryl methyl sites for hydroxylation is 1. The number of dihydropyridines is 1. The first-order valence-corrected chi connectivity index (χ1v) is 26.6. The van der Waals surface area contributed by atoms with Crippen LogP contribution in [0.15, 0.2) is 102 Å². The number of nitrogens with zero attached hydrogens (tertiary/aromatic N) is 3. The number of allylic oxidation sites excluding steroid dienone is 2. The van der Waals surface area contributed by atoms with Gasteiger partial charge in [0.25, 0.3) is 0 Å². The van der Waals surface area contributed by atoms with Crippen molar-refractivity contribution in [1.29, 1.82) is 0 Å². The van der Waals surface area contributed by atoms with Gasteiger partial charge in [-0.15, -0.1) is 0 Å². The Morgan fingerprint density at radius 3 is 2.84 bits per heavy atom. The molecular weight excluding hydrogens is 937 g/mol. The number of carbonyl (C=O) groups is 1. The van der Waals surface area contributed by atoms with Gasteiger partial charge in [0.2, 0.25) is 5.75 Å². The molecule has 5 aliphatic heterocycles. The van der Waals surface area contributed by atoms with E-state index in [2.05, 4.69) is 60.7 Å². The van der Waals surface area contributed by atoms with Gasteiger partial charge in [-0.2, -0.15) is 0 Å². The third kappa shape index (κ3) is 9.13. The molecule has 2 aromatic carbocycles. The first-order chi connectivity index (χ1) is 36.1. The number of rotatable bonds is 10. The molecule has 1 spiro atoms. The van der Waals surface area contributed by atoms with Crippen LogP contribution in [0.5, 0.6) is 28.7 Å². The van der Waals surface area contributed by atoms with Gasteiger partial charge >= 0.3 is 5.97 Å². The number of H-pyrrole nitrogens is 1. The fraction of sp³-hybridized carbons (Fsp3) is 0.466. The fourth-order valence-corrected chi connectivity index (χ4v) is 13.6. The normalized spacial score (nSPS) is 30.3. The van der Waals surface area contributed by atoms with E-state index < -0.39 is 23.9 Å². The molecule has 3 aromatic heterocycles. The zero-order valence-electron chi connectivity index (χ0n) is 41.8. The predicted molar refractivity (Wildman–Crippen MR) is 278 cm³/mol. The Morgan fingerprint density at radius 2 is 1.97 bits per heavy atom. The molecule has 12 rings (SSSR count). The lowest BCUT2D eigenvalue weighted by Gasteiger charge is -2.57. The molecule has 0 unspecified atom stereocenters. The van der Waals surface area contributed by atoms with E-state index in [4.69, 9.17) is 29.7 Å². The number of esters is 1. The quantitative estimate of drug-likeness (QED) is 0.0295. The van der Waals surface area contributed by atoms with Gasteiger partial charge in [-0.25, -0.2) is 0 Å². The number of ether oxygens (including phenoxy) is 4. The monoisotopic (exact) mass is 1000 g/mol. The van der Waals surface area contributed by atoms with Crippen molar-refractivity contribution >= 4 is 22.8 Å². The van der Waals surface area contributed by atoms with Crippen LogP contribution in [0, 0.1) is 41.4 Å². The van der Waals surface area contributed by atoms with E-state index in [-0.39, 0.29) is 77.4 Å². The van der Waals surface area contributed by atoms with Gasteiger partial charge in [0.15, 0.2) is 29.0 Å². The molecule has 16 heteroatoms. The summed E-state index contributed by atoms with van der Waals surface area (Å²) in [6.07, 6.45) is 19.1.